The van der Waals surface area contributed by atoms with Gasteiger partial charge in [0.05, 0.1) is 13.1 Å². The zero-order valence-corrected chi connectivity index (χ0v) is 10.4. The first kappa shape index (κ1) is 12.4. The molecule has 0 aliphatic carbocycles. The third-order valence-corrected chi connectivity index (χ3v) is 3.74. The number of nitrogens with zero attached hydrogens (tertiary/aromatic N) is 2. The number of carbonyl (C=O) groups excluding carboxylic acids is 2. The lowest BCUT2D eigenvalue weighted by Gasteiger charge is -2.33. The van der Waals surface area contributed by atoms with Gasteiger partial charge in [-0.15, -0.1) is 0 Å². The molecule has 1 N–H and O–H groups in total. The largest absolute Gasteiger partial charge is 0.335 e. The number of amides is 2. The molecule has 0 bridgehead atoms. The molecule has 0 aromatic heterocycles. The summed E-state index contributed by atoms with van der Waals surface area (Å²) in [5, 5.41) is 3.33. The summed E-state index contributed by atoms with van der Waals surface area (Å²) >= 11 is 0. The highest BCUT2D eigenvalue weighted by Crippen LogP contribution is 2.17. The van der Waals surface area contributed by atoms with Crippen LogP contribution in [-0.4, -0.2) is 61.4 Å². The highest BCUT2D eigenvalue weighted by Gasteiger charge is 2.27. The average molecular weight is 239 g/mol. The van der Waals surface area contributed by atoms with Gasteiger partial charge in [-0.25, -0.2) is 0 Å². The molecule has 2 aliphatic rings. The Balaban J connectivity index is 1.78. The van der Waals surface area contributed by atoms with Crippen LogP contribution in [0.4, 0.5) is 0 Å². The van der Waals surface area contributed by atoms with E-state index in [1.54, 1.807) is 11.9 Å². The number of hydrogen-bond donors (Lipinski definition) is 1. The zero-order chi connectivity index (χ0) is 12.3. The molecule has 17 heavy (non-hydrogen) atoms. The summed E-state index contributed by atoms with van der Waals surface area (Å²) in [5.41, 5.74) is 0. The van der Waals surface area contributed by atoms with Gasteiger partial charge in [-0.3, -0.25) is 9.59 Å². The lowest BCUT2D eigenvalue weighted by molar-refractivity contribution is -0.148. The third-order valence-electron chi connectivity index (χ3n) is 3.74. The van der Waals surface area contributed by atoms with Gasteiger partial charge in [0, 0.05) is 13.6 Å². The van der Waals surface area contributed by atoms with Crippen molar-refractivity contribution >= 4 is 11.8 Å². The molecule has 2 amide bonds. The molecule has 0 aromatic carbocycles. The van der Waals surface area contributed by atoms with Crippen molar-refractivity contribution in [2.75, 3.05) is 39.8 Å². The van der Waals surface area contributed by atoms with Gasteiger partial charge in [0.2, 0.25) is 11.8 Å². The molecular formula is C12H21N3O2. The highest BCUT2D eigenvalue weighted by molar-refractivity contribution is 5.92. The molecule has 2 saturated heterocycles. The molecule has 0 unspecified atom stereocenters. The lowest BCUT2D eigenvalue weighted by Crippen LogP contribution is -2.52. The van der Waals surface area contributed by atoms with Crippen LogP contribution in [0.15, 0.2) is 0 Å². The van der Waals surface area contributed by atoms with Crippen LogP contribution in [0.25, 0.3) is 0 Å². The molecule has 5 nitrogen and oxygen atoms in total. The zero-order valence-electron chi connectivity index (χ0n) is 10.4. The van der Waals surface area contributed by atoms with Gasteiger partial charge in [0.1, 0.15) is 0 Å². The third kappa shape index (κ3) is 3.19. The maximum atomic E-state index is 11.7. The first-order valence-electron chi connectivity index (χ1n) is 6.39. The maximum Gasteiger partial charge on any atom is 0.242 e. The molecule has 5 heteroatoms. The van der Waals surface area contributed by atoms with E-state index in [1.165, 1.54) is 17.7 Å². The van der Waals surface area contributed by atoms with Crippen molar-refractivity contribution in [1.82, 2.24) is 15.1 Å². The molecule has 0 radical (unpaired) electrons. The van der Waals surface area contributed by atoms with Gasteiger partial charge in [-0.2, -0.15) is 0 Å². The van der Waals surface area contributed by atoms with Crippen LogP contribution in [0.3, 0.4) is 0 Å². The number of carbonyl (C=O) groups is 2. The Bertz CT molecular complexity index is 300. The molecule has 2 fully saturated rings. The molecule has 2 heterocycles. The fourth-order valence-corrected chi connectivity index (χ4v) is 2.48. The SMILES string of the molecule is CN1CC(=O)N(CCC2CCNCC2)CC1=O. The van der Waals surface area contributed by atoms with Gasteiger partial charge in [0.25, 0.3) is 0 Å². The van der Waals surface area contributed by atoms with E-state index >= 15 is 0 Å². The Hall–Kier alpha value is -1.10. The fourth-order valence-electron chi connectivity index (χ4n) is 2.48. The minimum Gasteiger partial charge on any atom is -0.335 e. The minimum absolute atomic E-state index is 0.0508. The number of rotatable bonds is 3. The Morgan fingerprint density at radius 2 is 1.88 bits per heavy atom. The second kappa shape index (κ2) is 5.49. The maximum absolute atomic E-state index is 11.7. The Morgan fingerprint density at radius 1 is 1.18 bits per heavy atom. The number of piperidine rings is 1. The van der Waals surface area contributed by atoms with Crippen molar-refractivity contribution in [3.05, 3.63) is 0 Å². The monoisotopic (exact) mass is 239 g/mol. The van der Waals surface area contributed by atoms with Gasteiger partial charge in [-0.05, 0) is 38.3 Å². The molecular weight excluding hydrogens is 218 g/mol. The van der Waals surface area contributed by atoms with E-state index in [1.807, 2.05) is 0 Å². The number of nitrogens with one attached hydrogen (secondary N) is 1. The second-order valence-electron chi connectivity index (χ2n) is 5.05. The molecule has 0 spiro atoms. The van der Waals surface area contributed by atoms with Crippen LogP contribution in [0.5, 0.6) is 0 Å². The topological polar surface area (TPSA) is 52.7 Å². The second-order valence-corrected chi connectivity index (χ2v) is 5.05. The van der Waals surface area contributed by atoms with E-state index in [0.29, 0.717) is 5.92 Å². The van der Waals surface area contributed by atoms with Crippen molar-refractivity contribution in [2.45, 2.75) is 19.3 Å². The summed E-state index contributed by atoms with van der Waals surface area (Å²) in [4.78, 5) is 26.5. The van der Waals surface area contributed by atoms with Crippen molar-refractivity contribution in [2.24, 2.45) is 5.92 Å². The quantitative estimate of drug-likeness (QED) is 0.734. The smallest absolute Gasteiger partial charge is 0.242 e. The summed E-state index contributed by atoms with van der Waals surface area (Å²) in [6.07, 6.45) is 3.41. The van der Waals surface area contributed by atoms with Gasteiger partial charge in [0.15, 0.2) is 0 Å². The summed E-state index contributed by atoms with van der Waals surface area (Å²) in [7, 11) is 1.68. The Labute approximate surface area is 102 Å². The van der Waals surface area contributed by atoms with Crippen molar-refractivity contribution in [1.29, 1.82) is 0 Å². The number of piperazine rings is 1. The minimum atomic E-state index is 0.0508. The van der Waals surface area contributed by atoms with E-state index in [-0.39, 0.29) is 24.9 Å². The van der Waals surface area contributed by atoms with Gasteiger partial charge < -0.3 is 15.1 Å². The van der Waals surface area contributed by atoms with E-state index < -0.39 is 0 Å². The molecule has 2 rings (SSSR count). The summed E-state index contributed by atoms with van der Waals surface area (Å²) in [6, 6.07) is 0. The van der Waals surface area contributed by atoms with Gasteiger partial charge in [-0.1, -0.05) is 0 Å². The van der Waals surface area contributed by atoms with Crippen LogP contribution in [-0.2, 0) is 9.59 Å². The predicted molar refractivity (Wildman–Crippen MR) is 64.4 cm³/mol. The summed E-state index contributed by atoms with van der Waals surface area (Å²) < 4.78 is 0. The molecule has 0 atom stereocenters. The summed E-state index contributed by atoms with van der Waals surface area (Å²) in [5.74, 6) is 0.842. The molecule has 2 aliphatic heterocycles. The summed E-state index contributed by atoms with van der Waals surface area (Å²) in [6.45, 7) is 3.41. The van der Waals surface area contributed by atoms with E-state index in [2.05, 4.69) is 5.32 Å². The van der Waals surface area contributed by atoms with E-state index in [4.69, 9.17) is 0 Å². The van der Waals surface area contributed by atoms with Crippen molar-refractivity contribution < 1.29 is 9.59 Å². The van der Waals surface area contributed by atoms with Gasteiger partial charge >= 0.3 is 0 Å². The predicted octanol–water partition coefficient (Wildman–Crippen LogP) is -0.323. The molecule has 96 valence electrons. The molecule has 0 saturated carbocycles. The van der Waals surface area contributed by atoms with Crippen LogP contribution >= 0.6 is 0 Å². The number of hydrogen-bond acceptors (Lipinski definition) is 3. The Morgan fingerprint density at radius 3 is 2.59 bits per heavy atom. The van der Waals surface area contributed by atoms with Crippen molar-refractivity contribution in [3.63, 3.8) is 0 Å². The number of likely N-dealkylation sites (N-methyl/N-ethyl adjacent to an activating group) is 1. The Kier molecular flexibility index (Phi) is 3.99. The van der Waals surface area contributed by atoms with Crippen LogP contribution in [0.1, 0.15) is 19.3 Å². The van der Waals surface area contributed by atoms with Crippen LogP contribution in [0, 0.1) is 5.92 Å². The normalized spacial score (nSPS) is 23.4. The van der Waals surface area contributed by atoms with E-state index in [9.17, 15) is 9.59 Å². The van der Waals surface area contributed by atoms with Crippen LogP contribution < -0.4 is 5.32 Å². The first-order valence-corrected chi connectivity index (χ1v) is 6.39. The average Bonchev–Trinajstić information content (AvgIpc) is 2.33. The molecule has 0 aromatic rings. The standard InChI is InChI=1S/C12H21N3O2/c1-14-8-12(17)15(9-11(14)16)7-4-10-2-5-13-6-3-10/h10,13H,2-9H2,1H3. The van der Waals surface area contributed by atoms with Crippen molar-refractivity contribution in [3.8, 4) is 0 Å². The fraction of sp³-hybridized carbons (Fsp3) is 0.833. The first-order chi connectivity index (χ1) is 8.16. The lowest BCUT2D eigenvalue weighted by atomic mass is 9.94. The van der Waals surface area contributed by atoms with E-state index in [0.717, 1.165) is 26.1 Å². The van der Waals surface area contributed by atoms with Crippen LogP contribution in [0.2, 0.25) is 0 Å². The highest BCUT2D eigenvalue weighted by atomic mass is 16.2.